The van der Waals surface area contributed by atoms with Crippen molar-refractivity contribution in [2.45, 2.75) is 91.7 Å². The topological polar surface area (TPSA) is 73.8 Å². The molecule has 0 saturated heterocycles. The van der Waals surface area contributed by atoms with Crippen molar-refractivity contribution in [1.82, 2.24) is 0 Å². The molecule has 0 rings (SSSR count). The predicted molar refractivity (Wildman–Crippen MR) is 151 cm³/mol. The minimum Gasteiger partial charge on any atom is -0.399 e. The minimum atomic E-state index is -3.33. The van der Waals surface area contributed by atoms with Crippen molar-refractivity contribution < 1.29 is 32.9 Å². The zero-order valence-corrected chi connectivity index (χ0v) is 32.2. The van der Waals surface area contributed by atoms with E-state index in [1.807, 2.05) is 13.1 Å². The second-order valence-corrected chi connectivity index (χ2v) is 34.3. The third kappa shape index (κ3) is 14.6. The van der Waals surface area contributed by atoms with Crippen LogP contribution in [0, 0.1) is 0 Å². The van der Waals surface area contributed by atoms with Gasteiger partial charge in [-0.1, -0.05) is 0 Å². The van der Waals surface area contributed by atoms with Crippen LogP contribution < -0.4 is 0 Å². The van der Waals surface area contributed by atoms with E-state index in [9.17, 15) is 0 Å². The average molecular weight is 597 g/mol. The second-order valence-electron chi connectivity index (χ2n) is 9.60. The summed E-state index contributed by atoms with van der Waals surface area (Å²) >= 11 is 0. The number of hydrogen-bond donors (Lipinski definition) is 0. The lowest BCUT2D eigenvalue weighted by Gasteiger charge is -2.42. The lowest BCUT2D eigenvalue weighted by atomic mass is 11.9. The summed E-state index contributed by atoms with van der Waals surface area (Å²) in [7, 11) is -18.5. The Bertz CT molecular complexity index is 413. The number of rotatable bonds is 16. The second kappa shape index (κ2) is 14.3. The molecule has 0 aromatic rings. The van der Waals surface area contributed by atoms with E-state index in [4.69, 9.17) is 32.9 Å². The largest absolute Gasteiger partial charge is 0.637 e. The van der Waals surface area contributed by atoms with Gasteiger partial charge in [0.05, 0.1) is 0 Å². The molecule has 8 nitrogen and oxygen atoms in total. The third-order valence-corrected chi connectivity index (χ3v) is 27.2. The fraction of sp³-hybridized carbons (Fsp3) is 1.00. The average Bonchev–Trinajstić information content (AvgIpc) is 2.38. The van der Waals surface area contributed by atoms with Crippen molar-refractivity contribution in [3.05, 3.63) is 0 Å². The zero-order valence-electron chi connectivity index (χ0n) is 22.2. The Morgan fingerprint density at radius 1 is 0.355 bits per heavy atom. The summed E-state index contributed by atoms with van der Waals surface area (Å²) in [6.07, 6.45) is 0. The SMILES string of the molecule is C[SiH](C)O[Si](O[SiH](C)C)(O[SiH](C)C)O[Si](C)(C)O[Si](O[SiH](C)C)(O[SiH](C)C)O[SiH](C)C. The van der Waals surface area contributed by atoms with E-state index in [1.165, 1.54) is 0 Å². The van der Waals surface area contributed by atoms with Crippen LogP contribution >= 0.6 is 0 Å². The molecule has 0 aromatic heterocycles. The Morgan fingerprint density at radius 3 is 0.645 bits per heavy atom. The van der Waals surface area contributed by atoms with Crippen LogP contribution in [0.1, 0.15) is 0 Å². The molecule has 0 bridgehead atoms. The van der Waals surface area contributed by atoms with Gasteiger partial charge in [0.1, 0.15) is 0 Å². The molecule has 0 aliphatic rings. The minimum absolute atomic E-state index is 1.49. The van der Waals surface area contributed by atoms with Crippen molar-refractivity contribution >= 4 is 80.9 Å². The summed E-state index contributed by atoms with van der Waals surface area (Å²) in [4.78, 5) is 0. The van der Waals surface area contributed by atoms with Gasteiger partial charge in [0.2, 0.25) is 0 Å². The summed E-state index contributed by atoms with van der Waals surface area (Å²) in [5.74, 6) is 0. The normalized spacial score (nSPS) is 14.3. The maximum absolute atomic E-state index is 6.69. The summed E-state index contributed by atoms with van der Waals surface area (Å²) in [5, 5.41) is 0. The molecule has 17 heteroatoms. The van der Waals surface area contributed by atoms with Crippen LogP contribution in [0.3, 0.4) is 0 Å². The summed E-state index contributed by atoms with van der Waals surface area (Å²) in [6, 6.07) is 0. The molecule has 0 unspecified atom stereocenters. The fourth-order valence-electron chi connectivity index (χ4n) is 2.67. The van der Waals surface area contributed by atoms with E-state index < -0.39 is 80.9 Å². The van der Waals surface area contributed by atoms with Crippen LogP contribution in [0.5, 0.6) is 0 Å². The molecule has 0 N–H and O–H groups in total. The molecule has 0 saturated carbocycles. The molecule has 0 heterocycles. The summed E-state index contributed by atoms with van der Waals surface area (Å²) in [5.41, 5.74) is 0. The smallest absolute Gasteiger partial charge is 0.399 e. The maximum atomic E-state index is 6.69. The van der Waals surface area contributed by atoms with Gasteiger partial charge in [-0.2, -0.15) is 0 Å². The summed E-state index contributed by atoms with van der Waals surface area (Å²) in [6.45, 7) is 29.4. The van der Waals surface area contributed by atoms with Crippen molar-refractivity contribution in [2.24, 2.45) is 0 Å². The van der Waals surface area contributed by atoms with Crippen LogP contribution in [-0.2, 0) is 32.9 Å². The Labute approximate surface area is 204 Å². The quantitative estimate of drug-likeness (QED) is 0.252. The van der Waals surface area contributed by atoms with E-state index in [1.54, 1.807) is 0 Å². The van der Waals surface area contributed by atoms with E-state index in [0.717, 1.165) is 0 Å². The Hall–Kier alpha value is 1.63. The van der Waals surface area contributed by atoms with Crippen LogP contribution in [0.2, 0.25) is 91.7 Å². The molecule has 0 amide bonds. The van der Waals surface area contributed by atoms with Gasteiger partial charge in [-0.15, -0.1) is 0 Å². The van der Waals surface area contributed by atoms with Gasteiger partial charge in [-0.05, 0) is 91.7 Å². The fourth-order valence-corrected chi connectivity index (χ4v) is 30.0. The zero-order chi connectivity index (χ0) is 24.6. The highest BCUT2D eigenvalue weighted by Gasteiger charge is 2.57. The monoisotopic (exact) mass is 596 g/mol. The van der Waals surface area contributed by atoms with Crippen molar-refractivity contribution in [1.29, 1.82) is 0 Å². The molecule has 0 atom stereocenters. The van der Waals surface area contributed by atoms with Crippen molar-refractivity contribution in [3.8, 4) is 0 Å². The van der Waals surface area contributed by atoms with Gasteiger partial charge in [0, 0.05) is 0 Å². The summed E-state index contributed by atoms with van der Waals surface area (Å²) < 4.78 is 51.8. The van der Waals surface area contributed by atoms with Gasteiger partial charge >= 0.3 is 26.7 Å². The molecule has 188 valence electrons. The maximum Gasteiger partial charge on any atom is 0.637 e. The van der Waals surface area contributed by atoms with Crippen molar-refractivity contribution in [3.63, 3.8) is 0 Å². The number of hydrogen-bond acceptors (Lipinski definition) is 8. The molecule has 0 spiro atoms. The molecule has 0 aromatic carbocycles. The molecule has 31 heavy (non-hydrogen) atoms. The Balaban J connectivity index is 6.12. The molecular formula is C14H48O8Si9. The highest BCUT2D eigenvalue weighted by Crippen LogP contribution is 2.27. The van der Waals surface area contributed by atoms with Gasteiger partial charge in [-0.3, -0.25) is 0 Å². The van der Waals surface area contributed by atoms with E-state index >= 15 is 0 Å². The van der Waals surface area contributed by atoms with Crippen LogP contribution in [0.15, 0.2) is 0 Å². The lowest BCUT2D eigenvalue weighted by Crippen LogP contribution is -2.66. The van der Waals surface area contributed by atoms with Crippen LogP contribution in [0.25, 0.3) is 0 Å². The first-order valence-electron chi connectivity index (χ1n) is 11.4. The van der Waals surface area contributed by atoms with Crippen LogP contribution in [0.4, 0.5) is 0 Å². The first-order valence-corrected chi connectivity index (χ1v) is 34.2. The predicted octanol–water partition coefficient (Wildman–Crippen LogP) is 2.59. The van der Waals surface area contributed by atoms with Crippen molar-refractivity contribution in [2.75, 3.05) is 0 Å². The van der Waals surface area contributed by atoms with Crippen LogP contribution in [-0.4, -0.2) is 80.9 Å². The first kappa shape index (κ1) is 32.6. The first-order chi connectivity index (χ1) is 13.9. The van der Waals surface area contributed by atoms with Gasteiger partial charge in [0.25, 0.3) is 0 Å². The molecule has 0 fully saturated rings. The van der Waals surface area contributed by atoms with E-state index in [2.05, 4.69) is 78.6 Å². The lowest BCUT2D eigenvalue weighted by molar-refractivity contribution is 0.112. The van der Waals surface area contributed by atoms with E-state index in [-0.39, 0.29) is 0 Å². The van der Waals surface area contributed by atoms with Gasteiger partial charge in [-0.25, -0.2) is 0 Å². The molecular weight excluding hydrogens is 549 g/mol. The standard InChI is InChI=1S/C14H48O8Si9/c1-23(2)15-30(16-24(3)4,17-25(5)6)21-29(13,14)22-31(18-26(7)8,19-27(9)10)20-28(11)12/h23-28H,1-14H3. The Morgan fingerprint density at radius 2 is 0.516 bits per heavy atom. The van der Waals surface area contributed by atoms with E-state index in [0.29, 0.717) is 0 Å². The highest BCUT2D eigenvalue weighted by atomic mass is 28.6. The Kier molecular flexibility index (Phi) is 15.0. The molecule has 0 radical (unpaired) electrons. The molecule has 0 aliphatic heterocycles. The highest BCUT2D eigenvalue weighted by molar-refractivity contribution is 6.87. The molecule has 0 aliphatic carbocycles. The van der Waals surface area contributed by atoms with Gasteiger partial charge in [0.15, 0.2) is 54.2 Å². The third-order valence-electron chi connectivity index (χ3n) is 3.02. The van der Waals surface area contributed by atoms with Gasteiger partial charge < -0.3 is 32.9 Å².